The first-order chi connectivity index (χ1) is 13.3. The lowest BCUT2D eigenvalue weighted by molar-refractivity contribution is 0.0599. The van der Waals surface area contributed by atoms with Crippen molar-refractivity contribution in [1.82, 2.24) is 15.2 Å². The van der Waals surface area contributed by atoms with Crippen LogP contribution in [-0.2, 0) is 10.2 Å². The summed E-state index contributed by atoms with van der Waals surface area (Å²) in [4.78, 5) is 27.5. The lowest BCUT2D eigenvalue weighted by atomic mass is 9.85. The third-order valence-corrected chi connectivity index (χ3v) is 5.89. The monoisotopic (exact) mass is 398 g/mol. The molecule has 1 aromatic carbocycles. The number of benzene rings is 1. The summed E-state index contributed by atoms with van der Waals surface area (Å²) < 4.78 is 4.78. The van der Waals surface area contributed by atoms with Gasteiger partial charge in [0.25, 0.3) is 5.91 Å². The molecule has 1 amide bonds. The van der Waals surface area contributed by atoms with Gasteiger partial charge in [-0.1, -0.05) is 41.7 Å². The first-order valence-electron chi connectivity index (χ1n) is 8.74. The number of ether oxygens (including phenoxy) is 1. The average Bonchev–Trinajstić information content (AvgIpc) is 3.26. The minimum atomic E-state index is -0.479. The van der Waals surface area contributed by atoms with Crippen molar-refractivity contribution in [2.75, 3.05) is 12.4 Å². The fraction of sp³-hybridized carbons (Fsp3) is 0.300. The Morgan fingerprint density at radius 1 is 1.14 bits per heavy atom. The van der Waals surface area contributed by atoms with Crippen molar-refractivity contribution in [3.8, 4) is 0 Å². The van der Waals surface area contributed by atoms with Crippen molar-refractivity contribution >= 4 is 28.3 Å². The summed E-state index contributed by atoms with van der Waals surface area (Å²) in [6.07, 6.45) is 0. The molecule has 0 bridgehead atoms. The zero-order valence-electron chi connectivity index (χ0n) is 16.4. The van der Waals surface area contributed by atoms with Gasteiger partial charge in [0.05, 0.1) is 12.7 Å². The fourth-order valence-corrected chi connectivity index (χ4v) is 3.91. The second-order valence-corrected chi connectivity index (χ2v) is 7.95. The lowest BCUT2D eigenvalue weighted by Gasteiger charge is -2.21. The number of esters is 1. The van der Waals surface area contributed by atoms with E-state index in [9.17, 15) is 9.59 Å². The number of methoxy groups -OCH3 is 1. The van der Waals surface area contributed by atoms with E-state index in [4.69, 9.17) is 4.74 Å². The maximum absolute atomic E-state index is 12.7. The van der Waals surface area contributed by atoms with Crippen LogP contribution in [0.5, 0.6) is 0 Å². The lowest BCUT2D eigenvalue weighted by Crippen LogP contribution is -2.18. The minimum absolute atomic E-state index is 0.303. The number of nitrogens with zero attached hydrogens (tertiary/aromatic N) is 2. The number of nitrogens with one attached hydrogen (secondary N) is 2. The van der Waals surface area contributed by atoms with E-state index in [1.807, 2.05) is 30.3 Å². The van der Waals surface area contributed by atoms with Gasteiger partial charge in [0.2, 0.25) is 5.13 Å². The van der Waals surface area contributed by atoms with Crippen LogP contribution < -0.4 is 5.32 Å². The predicted octanol–water partition coefficient (Wildman–Crippen LogP) is 3.85. The third-order valence-electron chi connectivity index (χ3n) is 4.73. The molecular weight excluding hydrogens is 376 g/mol. The molecule has 7 nitrogen and oxygen atoms in total. The number of hydrogen-bond donors (Lipinski definition) is 2. The van der Waals surface area contributed by atoms with Crippen molar-refractivity contribution in [1.29, 1.82) is 0 Å². The van der Waals surface area contributed by atoms with Crippen LogP contribution in [0.2, 0.25) is 0 Å². The molecule has 0 aliphatic rings. The number of hydrogen-bond acceptors (Lipinski definition) is 6. The number of aromatic nitrogens is 3. The second-order valence-electron chi connectivity index (χ2n) is 6.97. The summed E-state index contributed by atoms with van der Waals surface area (Å²) in [5.41, 5.74) is 2.57. The highest BCUT2D eigenvalue weighted by Gasteiger charge is 2.28. The Morgan fingerprint density at radius 2 is 1.82 bits per heavy atom. The summed E-state index contributed by atoms with van der Waals surface area (Å²) in [5.74, 6) is -0.857. The molecule has 2 heterocycles. The molecule has 8 heteroatoms. The molecule has 28 heavy (non-hydrogen) atoms. The molecular formula is C20H22N4O3S. The number of rotatable bonds is 5. The van der Waals surface area contributed by atoms with Crippen LogP contribution >= 0.6 is 11.3 Å². The standard InChI is InChI=1S/C20H22N4O3S/c1-11-14(17(26)27-5)12(2)21-15(11)16(25)22-19-24-23-18(28-19)20(3,4)13-9-7-6-8-10-13/h6-10,21H,1-5H3,(H,22,24,25). The molecule has 0 saturated heterocycles. The highest BCUT2D eigenvalue weighted by molar-refractivity contribution is 7.15. The Bertz CT molecular complexity index is 1020. The molecule has 0 radical (unpaired) electrons. The summed E-state index contributed by atoms with van der Waals surface area (Å²) in [6, 6.07) is 10.0. The zero-order valence-corrected chi connectivity index (χ0v) is 17.2. The van der Waals surface area contributed by atoms with Gasteiger partial charge in [-0.15, -0.1) is 10.2 Å². The van der Waals surface area contributed by atoms with Gasteiger partial charge in [0.1, 0.15) is 10.7 Å². The Hall–Kier alpha value is -3.00. The van der Waals surface area contributed by atoms with Crippen molar-refractivity contribution in [2.45, 2.75) is 33.1 Å². The van der Waals surface area contributed by atoms with Crippen molar-refractivity contribution in [3.63, 3.8) is 0 Å². The van der Waals surface area contributed by atoms with Crippen LogP contribution in [-0.4, -0.2) is 34.2 Å². The Morgan fingerprint density at radius 3 is 2.46 bits per heavy atom. The summed E-state index contributed by atoms with van der Waals surface area (Å²) in [5, 5.41) is 12.3. The van der Waals surface area contributed by atoms with Gasteiger partial charge in [-0.2, -0.15) is 0 Å². The summed E-state index contributed by atoms with van der Waals surface area (Å²) in [7, 11) is 1.31. The van der Waals surface area contributed by atoms with E-state index in [2.05, 4.69) is 34.3 Å². The average molecular weight is 398 g/mol. The molecule has 0 spiro atoms. The number of aryl methyl sites for hydroxylation is 1. The molecule has 3 rings (SSSR count). The van der Waals surface area contributed by atoms with Crippen LogP contribution in [0.3, 0.4) is 0 Å². The molecule has 0 aliphatic carbocycles. The second kappa shape index (κ2) is 7.55. The van der Waals surface area contributed by atoms with E-state index in [1.165, 1.54) is 18.4 Å². The first-order valence-corrected chi connectivity index (χ1v) is 9.55. The van der Waals surface area contributed by atoms with Gasteiger partial charge in [0.15, 0.2) is 0 Å². The van der Waals surface area contributed by atoms with Gasteiger partial charge < -0.3 is 9.72 Å². The molecule has 0 unspecified atom stereocenters. The van der Waals surface area contributed by atoms with E-state index in [-0.39, 0.29) is 11.3 Å². The number of H-pyrrole nitrogens is 1. The highest BCUT2D eigenvalue weighted by atomic mass is 32.1. The first kappa shape index (κ1) is 19.8. The largest absolute Gasteiger partial charge is 0.465 e. The molecule has 3 aromatic rings. The molecule has 146 valence electrons. The van der Waals surface area contributed by atoms with Crippen molar-refractivity contribution < 1.29 is 14.3 Å². The van der Waals surface area contributed by atoms with E-state index < -0.39 is 5.97 Å². The van der Waals surface area contributed by atoms with E-state index in [1.54, 1.807) is 13.8 Å². The topological polar surface area (TPSA) is 97.0 Å². The van der Waals surface area contributed by atoms with Gasteiger partial charge >= 0.3 is 5.97 Å². The van der Waals surface area contributed by atoms with Crippen molar-refractivity contribution in [3.05, 3.63) is 63.4 Å². The number of amides is 1. The normalized spacial score (nSPS) is 11.3. The van der Waals surface area contributed by atoms with Crippen LogP contribution in [0.1, 0.15) is 56.5 Å². The Balaban J connectivity index is 1.83. The molecule has 0 atom stereocenters. The van der Waals surface area contributed by atoms with E-state index in [0.29, 0.717) is 27.6 Å². The Kier molecular flexibility index (Phi) is 5.33. The third kappa shape index (κ3) is 3.55. The van der Waals surface area contributed by atoms with Gasteiger partial charge in [-0.3, -0.25) is 10.1 Å². The van der Waals surface area contributed by atoms with Crippen LogP contribution in [0, 0.1) is 13.8 Å². The smallest absolute Gasteiger partial charge is 0.339 e. The summed E-state index contributed by atoms with van der Waals surface area (Å²) in [6.45, 7) is 7.56. The number of carbonyl (C=O) groups is 2. The van der Waals surface area contributed by atoms with Crippen molar-refractivity contribution in [2.24, 2.45) is 0 Å². The fourth-order valence-electron chi connectivity index (χ4n) is 3.05. The molecule has 2 aromatic heterocycles. The van der Waals surface area contributed by atoms with Gasteiger partial charge in [0, 0.05) is 11.1 Å². The SMILES string of the molecule is COC(=O)c1c(C)[nH]c(C(=O)Nc2nnc(C(C)(C)c3ccccc3)s2)c1C. The quantitative estimate of drug-likeness (QED) is 0.636. The number of anilines is 1. The van der Waals surface area contributed by atoms with Crippen LogP contribution in [0.4, 0.5) is 5.13 Å². The molecule has 2 N–H and O–H groups in total. The maximum Gasteiger partial charge on any atom is 0.339 e. The summed E-state index contributed by atoms with van der Waals surface area (Å²) >= 11 is 1.33. The predicted molar refractivity (Wildman–Crippen MR) is 108 cm³/mol. The minimum Gasteiger partial charge on any atom is -0.465 e. The van der Waals surface area contributed by atoms with Gasteiger partial charge in [-0.25, -0.2) is 4.79 Å². The maximum atomic E-state index is 12.7. The highest BCUT2D eigenvalue weighted by Crippen LogP contribution is 2.34. The molecule has 0 saturated carbocycles. The Labute approximate surface area is 167 Å². The number of aromatic amines is 1. The zero-order chi connectivity index (χ0) is 20.5. The van der Waals surface area contributed by atoms with Crippen LogP contribution in [0.15, 0.2) is 30.3 Å². The number of carbonyl (C=O) groups excluding carboxylic acids is 2. The van der Waals surface area contributed by atoms with Crippen LogP contribution in [0.25, 0.3) is 0 Å². The molecule has 0 aliphatic heterocycles. The molecule has 0 fully saturated rings. The van der Waals surface area contributed by atoms with E-state index >= 15 is 0 Å². The van der Waals surface area contributed by atoms with E-state index in [0.717, 1.165) is 10.6 Å². The van der Waals surface area contributed by atoms with Gasteiger partial charge in [-0.05, 0) is 38.8 Å².